The number of aldehydes is 1. The molecule has 0 aliphatic carbocycles. The molecule has 0 atom stereocenters. The Kier molecular flexibility index (Phi) is 3.18. The summed E-state index contributed by atoms with van der Waals surface area (Å²) in [4.78, 5) is 21.8. The first kappa shape index (κ1) is 12.0. The van der Waals surface area contributed by atoms with Crippen molar-refractivity contribution in [1.29, 1.82) is 0 Å². The molecule has 0 spiro atoms. The number of rotatable bonds is 3. The van der Waals surface area contributed by atoms with Gasteiger partial charge in [0.2, 0.25) is 5.76 Å². The summed E-state index contributed by atoms with van der Waals surface area (Å²) in [5, 5.41) is 0. The van der Waals surface area contributed by atoms with Crippen molar-refractivity contribution in [3.63, 3.8) is 0 Å². The first-order valence-electron chi connectivity index (χ1n) is 4.82. The van der Waals surface area contributed by atoms with E-state index in [1.165, 1.54) is 12.1 Å². The fourth-order valence-corrected chi connectivity index (χ4v) is 1.23. The first-order valence-corrected chi connectivity index (χ1v) is 4.82. The molecular formula is C12H6F2O4. The molecule has 0 amide bonds. The van der Waals surface area contributed by atoms with Crippen LogP contribution in [0.1, 0.15) is 21.1 Å². The van der Waals surface area contributed by atoms with E-state index in [1.807, 2.05) is 0 Å². The molecule has 0 unspecified atom stereocenters. The second kappa shape index (κ2) is 4.79. The summed E-state index contributed by atoms with van der Waals surface area (Å²) in [6.07, 6.45) is 0.412. The normalized spacial score (nSPS) is 10.1. The molecule has 0 aliphatic heterocycles. The smallest absolute Gasteiger partial charge is 0.379 e. The summed E-state index contributed by atoms with van der Waals surface area (Å²) in [5.41, 5.74) is 0. The lowest BCUT2D eigenvalue weighted by atomic mass is 10.3. The van der Waals surface area contributed by atoms with Crippen molar-refractivity contribution < 1.29 is 27.5 Å². The van der Waals surface area contributed by atoms with Crippen LogP contribution in [0.4, 0.5) is 8.78 Å². The average molecular weight is 252 g/mol. The largest absolute Gasteiger partial charge is 0.446 e. The van der Waals surface area contributed by atoms with Crippen molar-refractivity contribution in [3.05, 3.63) is 53.5 Å². The molecule has 0 saturated heterocycles. The zero-order valence-corrected chi connectivity index (χ0v) is 8.85. The molecule has 18 heavy (non-hydrogen) atoms. The third-order valence-corrected chi connectivity index (χ3v) is 2.04. The van der Waals surface area contributed by atoms with E-state index >= 15 is 0 Å². The molecule has 6 heteroatoms. The van der Waals surface area contributed by atoms with E-state index in [2.05, 4.69) is 4.74 Å². The van der Waals surface area contributed by atoms with E-state index in [1.54, 1.807) is 0 Å². The van der Waals surface area contributed by atoms with Gasteiger partial charge >= 0.3 is 5.97 Å². The van der Waals surface area contributed by atoms with Crippen LogP contribution in [0.2, 0.25) is 0 Å². The molecule has 1 heterocycles. The Morgan fingerprint density at radius 3 is 2.61 bits per heavy atom. The number of furan rings is 1. The topological polar surface area (TPSA) is 56.5 Å². The van der Waals surface area contributed by atoms with Crippen LogP contribution in [0.5, 0.6) is 5.75 Å². The second-order valence-electron chi connectivity index (χ2n) is 3.28. The van der Waals surface area contributed by atoms with Gasteiger partial charge < -0.3 is 9.15 Å². The van der Waals surface area contributed by atoms with Gasteiger partial charge in [0, 0.05) is 6.07 Å². The molecule has 0 N–H and O–H groups in total. The fourth-order valence-electron chi connectivity index (χ4n) is 1.23. The maximum Gasteiger partial charge on any atom is 0.379 e. The van der Waals surface area contributed by atoms with Gasteiger partial charge in [-0.1, -0.05) is 0 Å². The molecule has 1 aromatic heterocycles. The number of esters is 1. The average Bonchev–Trinajstić information content (AvgIpc) is 2.81. The van der Waals surface area contributed by atoms with Gasteiger partial charge in [-0.25, -0.2) is 13.6 Å². The van der Waals surface area contributed by atoms with Gasteiger partial charge in [-0.2, -0.15) is 0 Å². The van der Waals surface area contributed by atoms with Crippen LogP contribution in [0, 0.1) is 11.6 Å². The van der Waals surface area contributed by atoms with Crippen LogP contribution < -0.4 is 4.74 Å². The van der Waals surface area contributed by atoms with Crippen molar-refractivity contribution in [1.82, 2.24) is 0 Å². The van der Waals surface area contributed by atoms with Gasteiger partial charge in [-0.15, -0.1) is 0 Å². The predicted octanol–water partition coefficient (Wildman–Crippen LogP) is 2.59. The highest BCUT2D eigenvalue weighted by Crippen LogP contribution is 2.19. The summed E-state index contributed by atoms with van der Waals surface area (Å²) < 4.78 is 35.3. The number of benzene rings is 1. The van der Waals surface area contributed by atoms with E-state index in [9.17, 15) is 18.4 Å². The van der Waals surface area contributed by atoms with Crippen LogP contribution in [-0.2, 0) is 0 Å². The fraction of sp³-hybridized carbons (Fsp3) is 0. The highest BCUT2D eigenvalue weighted by atomic mass is 19.1. The summed E-state index contributed by atoms with van der Waals surface area (Å²) in [5.74, 6) is -3.50. The Balaban J connectivity index is 2.18. The Labute approximate surface area is 99.8 Å². The van der Waals surface area contributed by atoms with E-state index in [-0.39, 0.29) is 11.5 Å². The van der Waals surface area contributed by atoms with Gasteiger partial charge in [-0.05, 0) is 24.3 Å². The van der Waals surface area contributed by atoms with Crippen LogP contribution in [0.3, 0.4) is 0 Å². The minimum Gasteiger partial charge on any atom is -0.446 e. The molecule has 0 bridgehead atoms. The third-order valence-electron chi connectivity index (χ3n) is 2.04. The number of hydrogen-bond acceptors (Lipinski definition) is 4. The quantitative estimate of drug-likeness (QED) is 0.478. The van der Waals surface area contributed by atoms with Crippen LogP contribution in [-0.4, -0.2) is 12.3 Å². The molecule has 2 aromatic rings. The molecule has 2 rings (SSSR count). The van der Waals surface area contributed by atoms with Gasteiger partial charge in [0.25, 0.3) is 0 Å². The maximum absolute atomic E-state index is 13.2. The Bertz CT molecular complexity index is 604. The minimum atomic E-state index is -1.01. The molecule has 1 aromatic carbocycles. The predicted molar refractivity (Wildman–Crippen MR) is 55.4 cm³/mol. The maximum atomic E-state index is 13.2. The van der Waals surface area contributed by atoms with E-state index < -0.39 is 23.4 Å². The van der Waals surface area contributed by atoms with E-state index in [0.29, 0.717) is 12.4 Å². The monoisotopic (exact) mass is 252 g/mol. The van der Waals surface area contributed by atoms with Crippen LogP contribution in [0.25, 0.3) is 0 Å². The van der Waals surface area contributed by atoms with Gasteiger partial charge in [-0.3, -0.25) is 4.79 Å². The van der Waals surface area contributed by atoms with Gasteiger partial charge in [0.15, 0.2) is 23.6 Å². The zero-order chi connectivity index (χ0) is 13.1. The van der Waals surface area contributed by atoms with Crippen molar-refractivity contribution >= 4 is 12.3 Å². The van der Waals surface area contributed by atoms with Crippen molar-refractivity contribution in [2.24, 2.45) is 0 Å². The number of ether oxygens (including phenoxy) is 1. The minimum absolute atomic E-state index is 0.0541. The second-order valence-corrected chi connectivity index (χ2v) is 3.28. The Hall–Kier alpha value is -2.50. The zero-order valence-electron chi connectivity index (χ0n) is 8.85. The lowest BCUT2D eigenvalue weighted by Gasteiger charge is -2.03. The van der Waals surface area contributed by atoms with Gasteiger partial charge in [0.1, 0.15) is 5.82 Å². The number of carbonyl (C=O) groups excluding carboxylic acids is 2. The van der Waals surface area contributed by atoms with Crippen LogP contribution >= 0.6 is 0 Å². The standard InChI is InChI=1S/C12H6F2O4/c13-7-1-3-10(9(14)5-7)18-12(16)11-4-2-8(6-15)17-11/h1-6H. The number of hydrogen-bond donors (Lipinski definition) is 0. The molecular weight excluding hydrogens is 246 g/mol. The summed E-state index contributed by atoms with van der Waals surface area (Å²) in [6.45, 7) is 0. The highest BCUT2D eigenvalue weighted by molar-refractivity contribution is 5.89. The number of carbonyl (C=O) groups is 2. The molecule has 92 valence electrons. The summed E-state index contributed by atoms with van der Waals surface area (Å²) in [7, 11) is 0. The van der Waals surface area contributed by atoms with E-state index in [4.69, 9.17) is 4.42 Å². The number of halogens is 2. The molecule has 0 saturated carbocycles. The van der Waals surface area contributed by atoms with Crippen LogP contribution in [0.15, 0.2) is 34.7 Å². The lowest BCUT2D eigenvalue weighted by Crippen LogP contribution is -2.08. The lowest BCUT2D eigenvalue weighted by molar-refractivity contribution is 0.0692. The molecule has 0 fully saturated rings. The van der Waals surface area contributed by atoms with Crippen molar-refractivity contribution in [2.75, 3.05) is 0 Å². The summed E-state index contributed by atoms with van der Waals surface area (Å²) >= 11 is 0. The van der Waals surface area contributed by atoms with Gasteiger partial charge in [0.05, 0.1) is 0 Å². The molecule has 0 radical (unpaired) electrons. The van der Waals surface area contributed by atoms with Crippen molar-refractivity contribution in [3.8, 4) is 5.75 Å². The molecule has 0 aliphatic rings. The summed E-state index contributed by atoms with van der Waals surface area (Å²) in [6, 6.07) is 5.00. The first-order chi connectivity index (χ1) is 8.60. The third kappa shape index (κ3) is 2.42. The SMILES string of the molecule is O=Cc1ccc(C(=O)Oc2ccc(F)cc2F)o1. The Morgan fingerprint density at radius 1 is 1.22 bits per heavy atom. The highest BCUT2D eigenvalue weighted by Gasteiger charge is 2.16. The Morgan fingerprint density at radius 2 is 2.00 bits per heavy atom. The van der Waals surface area contributed by atoms with Crippen molar-refractivity contribution in [2.45, 2.75) is 0 Å². The van der Waals surface area contributed by atoms with E-state index in [0.717, 1.165) is 12.1 Å². The molecule has 4 nitrogen and oxygen atoms in total.